The van der Waals surface area contributed by atoms with Gasteiger partial charge < -0.3 is 32.5 Å². The Balaban J connectivity index is 2.92. The number of aliphatic hydroxyl groups is 1. The van der Waals surface area contributed by atoms with E-state index in [9.17, 15) is 24.3 Å². The molecule has 4 amide bonds. The number of nitrogens with one attached hydrogen (secondary N) is 3. The maximum absolute atomic E-state index is 13.1. The van der Waals surface area contributed by atoms with Crippen molar-refractivity contribution in [2.24, 2.45) is 22.8 Å². The summed E-state index contributed by atoms with van der Waals surface area (Å²) < 4.78 is 0. The van der Waals surface area contributed by atoms with Crippen LogP contribution in [0.5, 0.6) is 0 Å². The van der Waals surface area contributed by atoms with Gasteiger partial charge in [0.25, 0.3) is 0 Å². The molecule has 37 heavy (non-hydrogen) atoms. The molecule has 1 rings (SSSR count). The molecule has 0 aromatic heterocycles. The molecule has 10 heteroatoms. The Kier molecular flexibility index (Phi) is 13.3. The Bertz CT molecular complexity index is 883. The molecule has 0 spiro atoms. The van der Waals surface area contributed by atoms with Gasteiger partial charge in [0.05, 0.1) is 30.5 Å². The summed E-state index contributed by atoms with van der Waals surface area (Å²) in [5.74, 6) is -2.52. The first kappa shape index (κ1) is 32.0. The highest BCUT2D eigenvalue weighted by Crippen LogP contribution is 2.29. The van der Waals surface area contributed by atoms with E-state index in [1.54, 1.807) is 0 Å². The minimum Gasteiger partial charge on any atom is -0.389 e. The Morgan fingerprint density at radius 2 is 1.54 bits per heavy atom. The summed E-state index contributed by atoms with van der Waals surface area (Å²) in [5.41, 5.74) is 11.3. The van der Waals surface area contributed by atoms with Gasteiger partial charge in [-0.05, 0) is 30.2 Å². The maximum atomic E-state index is 13.1. The van der Waals surface area contributed by atoms with E-state index in [1.807, 2.05) is 65.0 Å². The third kappa shape index (κ3) is 11.7. The first-order valence-corrected chi connectivity index (χ1v) is 12.9. The summed E-state index contributed by atoms with van der Waals surface area (Å²) >= 11 is 0. The number of benzene rings is 1. The van der Waals surface area contributed by atoms with Gasteiger partial charge in [-0.2, -0.15) is 0 Å². The molecule has 0 aliphatic rings. The standard InChI is InChI=1S/C27H45N5O5/c1-6-18(7-2)31-24(35)14-19(27(3,4)5)25(36)30-16-22(33)21(13-17-11-9-8-10-12-17)32-26(37)20(28)15-23(29)34/h8-12,18-22,33H,6-7,13-16,28H2,1-5H3,(H2,29,34)(H,30,36)(H,31,35)(H,32,37)/t19-,20+,21+,22-/m1/s1. The van der Waals surface area contributed by atoms with E-state index in [0.717, 1.165) is 18.4 Å². The van der Waals surface area contributed by atoms with Crippen LogP contribution in [-0.4, -0.2) is 59.5 Å². The van der Waals surface area contributed by atoms with E-state index in [1.165, 1.54) is 0 Å². The summed E-state index contributed by atoms with van der Waals surface area (Å²) in [6.07, 6.45) is 0.411. The summed E-state index contributed by atoms with van der Waals surface area (Å²) in [6.45, 7) is 9.50. The fourth-order valence-electron chi connectivity index (χ4n) is 3.98. The number of nitrogens with two attached hydrogens (primary N) is 2. The van der Waals surface area contributed by atoms with E-state index in [4.69, 9.17) is 11.5 Å². The molecule has 0 unspecified atom stereocenters. The monoisotopic (exact) mass is 519 g/mol. The highest BCUT2D eigenvalue weighted by Gasteiger charge is 2.34. The van der Waals surface area contributed by atoms with E-state index in [0.29, 0.717) is 0 Å². The van der Waals surface area contributed by atoms with Crippen molar-refractivity contribution in [3.8, 4) is 0 Å². The molecule has 0 aliphatic carbocycles. The Morgan fingerprint density at radius 1 is 0.946 bits per heavy atom. The second-order valence-corrected chi connectivity index (χ2v) is 10.6. The van der Waals surface area contributed by atoms with Gasteiger partial charge in [-0.15, -0.1) is 0 Å². The van der Waals surface area contributed by atoms with Crippen LogP contribution >= 0.6 is 0 Å². The first-order chi connectivity index (χ1) is 17.3. The molecule has 0 aliphatic heterocycles. The number of hydrogen-bond donors (Lipinski definition) is 6. The molecule has 0 fully saturated rings. The molecule has 0 radical (unpaired) electrons. The van der Waals surface area contributed by atoms with Crippen LogP contribution in [0.4, 0.5) is 0 Å². The fourth-order valence-corrected chi connectivity index (χ4v) is 3.98. The molecule has 8 N–H and O–H groups in total. The molecular weight excluding hydrogens is 474 g/mol. The average Bonchev–Trinajstić information content (AvgIpc) is 2.83. The smallest absolute Gasteiger partial charge is 0.237 e. The van der Waals surface area contributed by atoms with Gasteiger partial charge >= 0.3 is 0 Å². The lowest BCUT2D eigenvalue weighted by Gasteiger charge is -2.31. The maximum Gasteiger partial charge on any atom is 0.237 e. The zero-order valence-corrected chi connectivity index (χ0v) is 22.8. The van der Waals surface area contributed by atoms with E-state index < -0.39 is 41.3 Å². The van der Waals surface area contributed by atoms with Crippen LogP contribution in [0.3, 0.4) is 0 Å². The first-order valence-electron chi connectivity index (χ1n) is 12.9. The summed E-state index contributed by atoms with van der Waals surface area (Å²) in [7, 11) is 0. The number of hydrogen-bond acceptors (Lipinski definition) is 6. The molecule has 0 bridgehead atoms. The van der Waals surface area contributed by atoms with Gasteiger partial charge in [0.1, 0.15) is 0 Å². The topological polar surface area (TPSA) is 177 Å². The second kappa shape index (κ2) is 15.3. The van der Waals surface area contributed by atoms with Gasteiger partial charge in [0, 0.05) is 19.0 Å². The summed E-state index contributed by atoms with van der Waals surface area (Å²) in [5, 5.41) is 19.3. The van der Waals surface area contributed by atoms with Crippen molar-refractivity contribution in [1.82, 2.24) is 16.0 Å². The van der Waals surface area contributed by atoms with Crippen molar-refractivity contribution in [2.75, 3.05) is 6.54 Å². The number of rotatable bonds is 15. The fraction of sp³-hybridized carbons (Fsp3) is 0.630. The summed E-state index contributed by atoms with van der Waals surface area (Å²) in [6, 6.07) is 7.33. The quantitative estimate of drug-likeness (QED) is 0.199. The lowest BCUT2D eigenvalue weighted by atomic mass is 9.78. The predicted molar refractivity (Wildman–Crippen MR) is 143 cm³/mol. The lowest BCUT2D eigenvalue weighted by Crippen LogP contribution is -2.54. The van der Waals surface area contributed by atoms with Crippen molar-refractivity contribution >= 4 is 23.6 Å². The van der Waals surface area contributed by atoms with Crippen LogP contribution < -0.4 is 27.4 Å². The predicted octanol–water partition coefficient (Wildman–Crippen LogP) is 0.751. The molecule has 10 nitrogen and oxygen atoms in total. The Morgan fingerprint density at radius 3 is 2.05 bits per heavy atom. The van der Waals surface area contributed by atoms with Crippen LogP contribution in [0.2, 0.25) is 0 Å². The average molecular weight is 520 g/mol. The number of aliphatic hydroxyl groups excluding tert-OH is 1. The molecule has 4 atom stereocenters. The highest BCUT2D eigenvalue weighted by atomic mass is 16.3. The second-order valence-electron chi connectivity index (χ2n) is 10.6. The summed E-state index contributed by atoms with van der Waals surface area (Å²) in [4.78, 5) is 49.4. The third-order valence-electron chi connectivity index (χ3n) is 6.44. The molecule has 208 valence electrons. The van der Waals surface area contributed by atoms with Gasteiger partial charge in [-0.3, -0.25) is 19.2 Å². The largest absolute Gasteiger partial charge is 0.389 e. The minimum atomic E-state index is -1.16. The number of primary amides is 1. The van der Waals surface area contributed by atoms with E-state index in [2.05, 4.69) is 16.0 Å². The Labute approximate surface area is 220 Å². The van der Waals surface area contributed by atoms with Gasteiger partial charge in [-0.1, -0.05) is 65.0 Å². The minimum absolute atomic E-state index is 0.0219. The number of amides is 4. The molecular formula is C27H45N5O5. The van der Waals surface area contributed by atoms with Crippen molar-refractivity contribution in [3.05, 3.63) is 35.9 Å². The van der Waals surface area contributed by atoms with Crippen LogP contribution in [-0.2, 0) is 25.6 Å². The normalized spacial score (nSPS) is 14.8. The number of carbonyl (C=O) groups excluding carboxylic acids is 4. The van der Waals surface area contributed by atoms with Crippen LogP contribution in [0, 0.1) is 11.3 Å². The molecule has 1 aromatic carbocycles. The van der Waals surface area contributed by atoms with Crippen LogP contribution in [0.1, 0.15) is 65.9 Å². The molecule has 1 aromatic rings. The van der Waals surface area contributed by atoms with E-state index in [-0.39, 0.29) is 43.7 Å². The Hall–Kier alpha value is -2.98. The van der Waals surface area contributed by atoms with E-state index >= 15 is 0 Å². The SMILES string of the molecule is CCC(CC)NC(=O)C[C@H](C(=O)NC[C@@H](O)[C@H](Cc1ccccc1)NC(=O)[C@@H](N)CC(N)=O)C(C)(C)C. The lowest BCUT2D eigenvalue weighted by molar-refractivity contribution is -0.134. The van der Waals surface area contributed by atoms with Crippen molar-refractivity contribution < 1.29 is 24.3 Å². The van der Waals surface area contributed by atoms with Crippen molar-refractivity contribution in [2.45, 2.75) is 91.0 Å². The molecule has 0 heterocycles. The van der Waals surface area contributed by atoms with Gasteiger partial charge in [0.2, 0.25) is 23.6 Å². The molecule has 0 saturated heterocycles. The van der Waals surface area contributed by atoms with Crippen molar-refractivity contribution in [1.29, 1.82) is 0 Å². The highest BCUT2D eigenvalue weighted by molar-refractivity contribution is 5.88. The number of carbonyl (C=O) groups is 4. The van der Waals surface area contributed by atoms with Gasteiger partial charge in [-0.25, -0.2) is 0 Å². The van der Waals surface area contributed by atoms with Crippen molar-refractivity contribution in [3.63, 3.8) is 0 Å². The third-order valence-corrected chi connectivity index (χ3v) is 6.44. The van der Waals surface area contributed by atoms with Crippen LogP contribution in [0.15, 0.2) is 30.3 Å². The zero-order chi connectivity index (χ0) is 28.2. The van der Waals surface area contributed by atoms with Gasteiger partial charge in [0.15, 0.2) is 0 Å². The van der Waals surface area contributed by atoms with Crippen LogP contribution in [0.25, 0.3) is 0 Å². The zero-order valence-electron chi connectivity index (χ0n) is 22.8. The molecule has 0 saturated carbocycles.